The first-order valence-corrected chi connectivity index (χ1v) is 18.9. The molecule has 12 rings (SSSR count). The van der Waals surface area contributed by atoms with Gasteiger partial charge in [-0.1, -0.05) is 109 Å². The average molecular weight is 657 g/mol. The Kier molecular flexibility index (Phi) is 6.47. The summed E-state index contributed by atoms with van der Waals surface area (Å²) < 4.78 is 0. The van der Waals surface area contributed by atoms with Gasteiger partial charge in [0.2, 0.25) is 0 Å². The zero-order valence-corrected chi connectivity index (χ0v) is 28.8. The molecular weight excluding hydrogens is 617 g/mol. The number of pyridine rings is 1. The van der Waals surface area contributed by atoms with Crippen LogP contribution in [0, 0.1) is 23.7 Å². The molecular formula is C49H40N2. The van der Waals surface area contributed by atoms with E-state index >= 15 is 0 Å². The number of fused-ring (bicyclic) bond motifs is 4. The van der Waals surface area contributed by atoms with Gasteiger partial charge in [-0.2, -0.15) is 0 Å². The van der Waals surface area contributed by atoms with Gasteiger partial charge in [0.25, 0.3) is 0 Å². The first-order valence-electron chi connectivity index (χ1n) is 18.9. The van der Waals surface area contributed by atoms with E-state index in [4.69, 9.17) is 0 Å². The van der Waals surface area contributed by atoms with Crippen molar-refractivity contribution in [1.29, 1.82) is 0 Å². The summed E-state index contributed by atoms with van der Waals surface area (Å²) >= 11 is 0. The van der Waals surface area contributed by atoms with E-state index in [0.29, 0.717) is 11.8 Å². The molecule has 5 aliphatic rings. The zero-order valence-electron chi connectivity index (χ0n) is 28.8. The van der Waals surface area contributed by atoms with Crippen molar-refractivity contribution in [3.05, 3.63) is 169 Å². The standard InChI is InChI=1S/C49H40N2/c1-2-9-34(10-3-1)35-17-19-39(20-18-35)51(46-22-21-40(36-23-25-50-26-24-36)41-11-4-5-13-43(41)46)47-16-8-14-44-42-12-6-7-15-45(42)49(48(44)47)37-28-32-27-33(30-37)31-38(49)29-32/h1-26,32-33,37-38H,27-31H2. The molecule has 0 amide bonds. The monoisotopic (exact) mass is 656 g/mol. The van der Waals surface area contributed by atoms with Gasteiger partial charge in [-0.25, -0.2) is 0 Å². The Morgan fingerprint density at radius 1 is 0.451 bits per heavy atom. The molecule has 0 saturated heterocycles. The molecule has 0 unspecified atom stereocenters. The van der Waals surface area contributed by atoms with E-state index < -0.39 is 0 Å². The number of aromatic nitrogens is 1. The van der Waals surface area contributed by atoms with Crippen molar-refractivity contribution in [2.75, 3.05) is 4.90 Å². The maximum atomic E-state index is 4.32. The van der Waals surface area contributed by atoms with E-state index in [-0.39, 0.29) is 5.41 Å². The number of hydrogen-bond donors (Lipinski definition) is 0. The molecule has 4 fully saturated rings. The minimum Gasteiger partial charge on any atom is -0.310 e. The van der Waals surface area contributed by atoms with Gasteiger partial charge in [-0.3, -0.25) is 4.98 Å². The van der Waals surface area contributed by atoms with Crippen molar-refractivity contribution in [2.45, 2.75) is 37.5 Å². The Labute approximate surface area is 300 Å². The van der Waals surface area contributed by atoms with E-state index in [2.05, 4.69) is 155 Å². The zero-order chi connectivity index (χ0) is 33.5. The van der Waals surface area contributed by atoms with Gasteiger partial charge in [0.05, 0.1) is 11.4 Å². The lowest BCUT2D eigenvalue weighted by molar-refractivity contribution is -0.0397. The van der Waals surface area contributed by atoms with Gasteiger partial charge in [0.15, 0.2) is 0 Å². The van der Waals surface area contributed by atoms with Crippen molar-refractivity contribution >= 4 is 27.8 Å². The summed E-state index contributed by atoms with van der Waals surface area (Å²) in [6.45, 7) is 0. The quantitative estimate of drug-likeness (QED) is 0.183. The van der Waals surface area contributed by atoms with E-state index in [9.17, 15) is 0 Å². The predicted octanol–water partition coefficient (Wildman–Crippen LogP) is 12.8. The first-order chi connectivity index (χ1) is 25.3. The summed E-state index contributed by atoms with van der Waals surface area (Å²) in [5.41, 5.74) is 14.8. The molecule has 0 aliphatic heterocycles. The van der Waals surface area contributed by atoms with Crippen LogP contribution < -0.4 is 4.90 Å². The average Bonchev–Trinajstić information content (AvgIpc) is 3.49. The minimum absolute atomic E-state index is 0.0466. The molecule has 4 bridgehead atoms. The molecule has 0 radical (unpaired) electrons. The maximum Gasteiger partial charge on any atom is 0.0540 e. The van der Waals surface area contributed by atoms with Crippen molar-refractivity contribution in [1.82, 2.24) is 4.98 Å². The molecule has 51 heavy (non-hydrogen) atoms. The molecule has 0 atom stereocenters. The predicted molar refractivity (Wildman–Crippen MR) is 211 cm³/mol. The summed E-state index contributed by atoms with van der Waals surface area (Å²) in [4.78, 5) is 6.94. The van der Waals surface area contributed by atoms with Crippen LogP contribution in [0.2, 0.25) is 0 Å². The summed E-state index contributed by atoms with van der Waals surface area (Å²) in [6.07, 6.45) is 10.7. The van der Waals surface area contributed by atoms with E-state index in [1.54, 1.807) is 11.1 Å². The second kappa shape index (κ2) is 11.3. The first kappa shape index (κ1) is 29.3. The van der Waals surface area contributed by atoms with Gasteiger partial charge in [0, 0.05) is 28.9 Å². The molecule has 246 valence electrons. The van der Waals surface area contributed by atoms with Gasteiger partial charge in [-0.05, 0) is 142 Å². The van der Waals surface area contributed by atoms with Crippen molar-refractivity contribution in [2.24, 2.45) is 23.7 Å². The summed E-state index contributed by atoms with van der Waals surface area (Å²) in [7, 11) is 0. The summed E-state index contributed by atoms with van der Waals surface area (Å²) in [5.74, 6) is 3.16. The highest BCUT2D eigenvalue weighted by Gasteiger charge is 2.62. The molecule has 1 spiro atoms. The Bertz CT molecular complexity index is 2400. The van der Waals surface area contributed by atoms with E-state index in [0.717, 1.165) is 11.8 Å². The molecule has 4 saturated carbocycles. The van der Waals surface area contributed by atoms with Gasteiger partial charge < -0.3 is 4.90 Å². The van der Waals surface area contributed by atoms with Crippen LogP contribution in [-0.2, 0) is 5.41 Å². The fourth-order valence-corrected chi connectivity index (χ4v) is 11.5. The lowest BCUT2D eigenvalue weighted by Gasteiger charge is -2.61. The second-order valence-electron chi connectivity index (χ2n) is 15.6. The van der Waals surface area contributed by atoms with Crippen LogP contribution in [0.5, 0.6) is 0 Å². The molecule has 2 heteroatoms. The van der Waals surface area contributed by atoms with Crippen LogP contribution in [0.15, 0.2) is 158 Å². The molecule has 5 aliphatic carbocycles. The SMILES string of the molecule is c1ccc(-c2ccc(N(c3cccc4c3C3(c5ccccc5-4)C4CC5CC(C4)CC3C5)c3ccc(-c4ccncc4)c4ccccc34)cc2)cc1. The Balaban J connectivity index is 1.18. The number of nitrogens with zero attached hydrogens (tertiary/aromatic N) is 2. The fraction of sp³-hybridized carbons (Fsp3) is 0.204. The highest BCUT2D eigenvalue weighted by atomic mass is 15.1. The largest absolute Gasteiger partial charge is 0.310 e. The number of anilines is 3. The topological polar surface area (TPSA) is 16.1 Å². The lowest BCUT2D eigenvalue weighted by Crippen LogP contribution is -2.55. The minimum atomic E-state index is 0.0466. The van der Waals surface area contributed by atoms with Gasteiger partial charge >= 0.3 is 0 Å². The van der Waals surface area contributed by atoms with E-state index in [1.165, 1.54) is 93.3 Å². The molecule has 6 aromatic carbocycles. The fourth-order valence-electron chi connectivity index (χ4n) is 11.5. The molecule has 2 nitrogen and oxygen atoms in total. The molecule has 1 aromatic heterocycles. The molecule has 7 aromatic rings. The lowest BCUT2D eigenvalue weighted by atomic mass is 9.43. The summed E-state index contributed by atoms with van der Waals surface area (Å²) in [5, 5.41) is 2.51. The smallest absolute Gasteiger partial charge is 0.0540 e. The Hall–Kier alpha value is -5.47. The van der Waals surface area contributed by atoms with Crippen molar-refractivity contribution in [3.8, 4) is 33.4 Å². The van der Waals surface area contributed by atoms with Crippen LogP contribution >= 0.6 is 0 Å². The third-order valence-corrected chi connectivity index (χ3v) is 13.2. The van der Waals surface area contributed by atoms with Crippen LogP contribution in [0.3, 0.4) is 0 Å². The van der Waals surface area contributed by atoms with Gasteiger partial charge in [-0.15, -0.1) is 0 Å². The normalized spacial score (nSPS) is 23.8. The molecule has 0 N–H and O–H groups in total. The number of rotatable bonds is 5. The summed E-state index contributed by atoms with van der Waals surface area (Å²) in [6, 6.07) is 54.6. The maximum absolute atomic E-state index is 4.32. The van der Waals surface area contributed by atoms with Crippen LogP contribution in [0.25, 0.3) is 44.2 Å². The highest BCUT2D eigenvalue weighted by molar-refractivity contribution is 6.07. The number of benzene rings is 6. The van der Waals surface area contributed by atoms with Crippen LogP contribution in [0.4, 0.5) is 17.1 Å². The Morgan fingerprint density at radius 2 is 1.10 bits per heavy atom. The highest BCUT2D eigenvalue weighted by Crippen LogP contribution is 2.71. The van der Waals surface area contributed by atoms with Crippen molar-refractivity contribution in [3.63, 3.8) is 0 Å². The second-order valence-corrected chi connectivity index (χ2v) is 15.6. The van der Waals surface area contributed by atoms with Crippen molar-refractivity contribution < 1.29 is 0 Å². The third kappa shape index (κ3) is 4.26. The Morgan fingerprint density at radius 3 is 1.86 bits per heavy atom. The number of hydrogen-bond acceptors (Lipinski definition) is 2. The van der Waals surface area contributed by atoms with Crippen LogP contribution in [0.1, 0.15) is 43.2 Å². The van der Waals surface area contributed by atoms with Gasteiger partial charge in [0.1, 0.15) is 0 Å². The molecule has 1 heterocycles. The third-order valence-electron chi connectivity index (χ3n) is 13.2. The van der Waals surface area contributed by atoms with E-state index in [1.807, 2.05) is 12.4 Å². The van der Waals surface area contributed by atoms with Crippen LogP contribution in [-0.4, -0.2) is 4.98 Å².